The number of rotatable bonds is 8. The second-order valence-corrected chi connectivity index (χ2v) is 9.75. The number of sulfonamides is 1. The average molecular weight is 385 g/mol. The van der Waals surface area contributed by atoms with Crippen LogP contribution >= 0.6 is 11.3 Å². The SMILES string of the molecule is C[N+](C)(C)C[C@@H](CC(=O)O)NS(=O)(=O)c1ccc(-c2ccccn2)s1. The second-order valence-electron chi connectivity index (χ2n) is 6.72. The molecule has 0 bridgehead atoms. The number of hydrogen-bond donors (Lipinski definition) is 2. The van der Waals surface area contributed by atoms with Crippen LogP contribution in [0.15, 0.2) is 40.7 Å². The van der Waals surface area contributed by atoms with Crippen molar-refractivity contribution in [1.29, 1.82) is 0 Å². The van der Waals surface area contributed by atoms with Crippen molar-refractivity contribution in [2.75, 3.05) is 27.7 Å². The van der Waals surface area contributed by atoms with E-state index < -0.39 is 22.0 Å². The van der Waals surface area contributed by atoms with Crippen LogP contribution in [0.1, 0.15) is 6.42 Å². The molecular weight excluding hydrogens is 362 g/mol. The molecule has 0 spiro atoms. The molecule has 7 nitrogen and oxygen atoms in total. The first-order valence-corrected chi connectivity index (χ1v) is 9.92. The molecule has 0 aliphatic rings. The van der Waals surface area contributed by atoms with Gasteiger partial charge in [0.15, 0.2) is 0 Å². The molecule has 0 saturated carbocycles. The molecule has 2 rings (SSSR count). The number of pyridine rings is 1. The molecule has 0 amide bonds. The minimum absolute atomic E-state index is 0.143. The lowest BCUT2D eigenvalue weighted by molar-refractivity contribution is -0.871. The van der Waals surface area contributed by atoms with E-state index in [1.54, 1.807) is 24.4 Å². The average Bonchev–Trinajstić information content (AvgIpc) is 2.95. The highest BCUT2D eigenvalue weighted by Gasteiger charge is 2.28. The lowest BCUT2D eigenvalue weighted by Crippen LogP contribution is -2.49. The molecule has 2 heterocycles. The van der Waals surface area contributed by atoms with Gasteiger partial charge in [-0.1, -0.05) is 6.07 Å². The minimum Gasteiger partial charge on any atom is -0.481 e. The third kappa shape index (κ3) is 5.89. The number of thiophene rings is 1. The maximum atomic E-state index is 12.6. The highest BCUT2D eigenvalue weighted by atomic mass is 32.2. The quantitative estimate of drug-likeness (QED) is 0.675. The summed E-state index contributed by atoms with van der Waals surface area (Å²) in [5.41, 5.74) is 0.697. The number of carboxylic acids is 1. The van der Waals surface area contributed by atoms with E-state index in [0.717, 1.165) is 16.2 Å². The monoisotopic (exact) mass is 384 g/mol. The summed E-state index contributed by atoms with van der Waals surface area (Å²) in [6, 6.07) is 7.95. The van der Waals surface area contributed by atoms with Crippen LogP contribution < -0.4 is 4.72 Å². The van der Waals surface area contributed by atoms with Crippen molar-refractivity contribution < 1.29 is 22.8 Å². The molecule has 0 aliphatic carbocycles. The summed E-state index contributed by atoms with van der Waals surface area (Å²) < 4.78 is 28.4. The Morgan fingerprint density at radius 1 is 1.28 bits per heavy atom. The van der Waals surface area contributed by atoms with Crippen molar-refractivity contribution in [3.63, 3.8) is 0 Å². The Balaban J connectivity index is 2.22. The van der Waals surface area contributed by atoms with Gasteiger partial charge in [-0.15, -0.1) is 11.3 Å². The maximum absolute atomic E-state index is 12.6. The zero-order chi connectivity index (χ0) is 18.7. The van der Waals surface area contributed by atoms with E-state index in [1.165, 1.54) is 6.07 Å². The number of carbonyl (C=O) groups is 1. The van der Waals surface area contributed by atoms with Crippen LogP contribution in [-0.2, 0) is 14.8 Å². The van der Waals surface area contributed by atoms with Gasteiger partial charge in [0.25, 0.3) is 10.0 Å². The molecule has 25 heavy (non-hydrogen) atoms. The molecule has 136 valence electrons. The topological polar surface area (TPSA) is 96.4 Å². The number of aliphatic carboxylic acids is 1. The third-order valence-corrected chi connectivity index (χ3v) is 6.39. The van der Waals surface area contributed by atoms with Gasteiger partial charge < -0.3 is 9.59 Å². The van der Waals surface area contributed by atoms with Crippen LogP contribution in [0.3, 0.4) is 0 Å². The van der Waals surface area contributed by atoms with E-state index in [9.17, 15) is 13.2 Å². The second kappa shape index (κ2) is 7.61. The molecule has 0 aliphatic heterocycles. The van der Waals surface area contributed by atoms with Crippen LogP contribution in [0.4, 0.5) is 0 Å². The van der Waals surface area contributed by atoms with E-state index in [1.807, 2.05) is 27.2 Å². The number of hydrogen-bond acceptors (Lipinski definition) is 5. The normalized spacial score (nSPS) is 13.6. The number of nitrogens with zero attached hydrogens (tertiary/aromatic N) is 2. The summed E-state index contributed by atoms with van der Waals surface area (Å²) in [5.74, 6) is -1.04. The van der Waals surface area contributed by atoms with Crippen LogP contribution in [0.2, 0.25) is 0 Å². The van der Waals surface area contributed by atoms with Gasteiger partial charge in [0.2, 0.25) is 0 Å². The lowest BCUT2D eigenvalue weighted by Gasteiger charge is -2.28. The predicted molar refractivity (Wildman–Crippen MR) is 96.8 cm³/mol. The Kier molecular flexibility index (Phi) is 5.94. The van der Waals surface area contributed by atoms with E-state index in [4.69, 9.17) is 5.11 Å². The molecule has 0 radical (unpaired) electrons. The Hall–Kier alpha value is -1.81. The van der Waals surface area contributed by atoms with E-state index in [2.05, 4.69) is 9.71 Å². The fourth-order valence-corrected chi connectivity index (χ4v) is 4.93. The summed E-state index contributed by atoms with van der Waals surface area (Å²) in [4.78, 5) is 16.0. The zero-order valence-electron chi connectivity index (χ0n) is 14.3. The molecule has 0 aromatic carbocycles. The van der Waals surface area contributed by atoms with Crippen molar-refractivity contribution in [2.24, 2.45) is 0 Å². The molecule has 2 N–H and O–H groups in total. The summed E-state index contributed by atoms with van der Waals surface area (Å²) in [7, 11) is 1.85. The van der Waals surface area contributed by atoms with Gasteiger partial charge in [0.05, 0.1) is 50.7 Å². The third-order valence-electron chi connectivity index (χ3n) is 3.27. The highest BCUT2D eigenvalue weighted by Crippen LogP contribution is 2.29. The van der Waals surface area contributed by atoms with Gasteiger partial charge >= 0.3 is 5.97 Å². The van der Waals surface area contributed by atoms with Gasteiger partial charge in [-0.05, 0) is 24.3 Å². The maximum Gasteiger partial charge on any atom is 0.305 e. The first kappa shape index (κ1) is 19.5. The summed E-state index contributed by atoms with van der Waals surface area (Å²) in [6.07, 6.45) is 1.37. The molecule has 2 aromatic rings. The number of carboxylic acid groups (broad SMARTS) is 1. The minimum atomic E-state index is -3.80. The Morgan fingerprint density at radius 2 is 2.00 bits per heavy atom. The first-order valence-electron chi connectivity index (χ1n) is 7.63. The number of likely N-dealkylation sites (N-methyl/N-ethyl adjacent to an activating group) is 1. The van der Waals surface area contributed by atoms with Crippen molar-refractivity contribution in [3.8, 4) is 10.6 Å². The van der Waals surface area contributed by atoms with E-state index in [0.29, 0.717) is 16.7 Å². The van der Waals surface area contributed by atoms with Crippen molar-refractivity contribution >= 4 is 27.3 Å². The molecule has 1 atom stereocenters. The van der Waals surface area contributed by atoms with Gasteiger partial charge in [0, 0.05) is 6.20 Å². The van der Waals surface area contributed by atoms with Crippen LogP contribution in [0, 0.1) is 0 Å². The molecular formula is C16H22N3O4S2+. The largest absolute Gasteiger partial charge is 0.481 e. The van der Waals surface area contributed by atoms with Gasteiger partial charge in [0.1, 0.15) is 4.21 Å². The summed E-state index contributed by atoms with van der Waals surface area (Å²) in [6.45, 7) is 0.365. The number of nitrogens with one attached hydrogen (secondary N) is 1. The highest BCUT2D eigenvalue weighted by molar-refractivity contribution is 7.91. The van der Waals surface area contributed by atoms with Gasteiger partial charge in [-0.25, -0.2) is 13.1 Å². The molecule has 0 fully saturated rings. The molecule has 2 aromatic heterocycles. The Bertz CT molecular complexity index is 827. The van der Waals surface area contributed by atoms with Crippen LogP contribution in [0.25, 0.3) is 10.6 Å². The Morgan fingerprint density at radius 3 is 2.56 bits per heavy atom. The summed E-state index contributed by atoms with van der Waals surface area (Å²) >= 11 is 1.11. The van der Waals surface area contributed by atoms with Gasteiger partial charge in [-0.2, -0.15) is 0 Å². The smallest absolute Gasteiger partial charge is 0.305 e. The van der Waals surface area contributed by atoms with Gasteiger partial charge in [-0.3, -0.25) is 9.78 Å². The number of quaternary nitrogens is 1. The fraction of sp³-hybridized carbons (Fsp3) is 0.375. The first-order chi connectivity index (χ1) is 11.6. The fourth-order valence-electron chi connectivity index (χ4n) is 2.40. The molecule has 9 heteroatoms. The Labute approximate surface area is 151 Å². The zero-order valence-corrected chi connectivity index (χ0v) is 16.0. The van der Waals surface area contributed by atoms with E-state index >= 15 is 0 Å². The van der Waals surface area contributed by atoms with Crippen molar-refractivity contribution in [3.05, 3.63) is 36.5 Å². The lowest BCUT2D eigenvalue weighted by atomic mass is 10.2. The van der Waals surface area contributed by atoms with Crippen LogP contribution in [0.5, 0.6) is 0 Å². The van der Waals surface area contributed by atoms with Crippen LogP contribution in [-0.4, -0.2) is 62.7 Å². The molecule has 0 saturated heterocycles. The van der Waals surface area contributed by atoms with Crippen molar-refractivity contribution in [2.45, 2.75) is 16.7 Å². The summed E-state index contributed by atoms with van der Waals surface area (Å²) in [5, 5.41) is 9.05. The predicted octanol–water partition coefficient (Wildman–Crippen LogP) is 1.64. The number of aromatic nitrogens is 1. The van der Waals surface area contributed by atoms with Crippen molar-refractivity contribution in [1.82, 2.24) is 9.71 Å². The molecule has 0 unspecified atom stereocenters. The standard InChI is InChI=1S/C16H21N3O4S2/c1-19(2,3)11-12(10-15(20)21)18-25(22,23)16-8-7-14(24-16)13-6-4-5-9-17-13/h4-9,12,18H,10-11H2,1-3H3/p+1/t12-/m1/s1. The van der Waals surface area contributed by atoms with E-state index in [-0.39, 0.29) is 10.6 Å².